The molecule has 0 aliphatic rings. The third kappa shape index (κ3) is 1.34. The standard InChI is InChI=1S/C7H8O4/c1-4-3-5(6(8)9)7(10-2)11-4/h3H,1-2H3,(H,8,9). The summed E-state index contributed by atoms with van der Waals surface area (Å²) in [5.41, 5.74) is 0.0602. The van der Waals surface area contributed by atoms with Crippen molar-refractivity contribution < 1.29 is 19.1 Å². The molecule has 4 heteroatoms. The number of furan rings is 1. The topological polar surface area (TPSA) is 59.7 Å². The average molecular weight is 156 g/mol. The van der Waals surface area contributed by atoms with Crippen molar-refractivity contribution in [1.82, 2.24) is 0 Å². The van der Waals surface area contributed by atoms with Crippen molar-refractivity contribution >= 4 is 5.97 Å². The number of rotatable bonds is 2. The van der Waals surface area contributed by atoms with Gasteiger partial charge in [0.1, 0.15) is 11.3 Å². The second-order valence-electron chi connectivity index (χ2n) is 2.07. The number of hydrogen-bond donors (Lipinski definition) is 1. The number of carbonyl (C=O) groups is 1. The van der Waals surface area contributed by atoms with Gasteiger partial charge in [0, 0.05) is 0 Å². The predicted octanol–water partition coefficient (Wildman–Crippen LogP) is 1.29. The molecular formula is C7H8O4. The quantitative estimate of drug-likeness (QED) is 0.700. The summed E-state index contributed by atoms with van der Waals surface area (Å²) >= 11 is 0. The number of ether oxygens (including phenoxy) is 1. The molecular weight excluding hydrogens is 148 g/mol. The van der Waals surface area contributed by atoms with Gasteiger partial charge >= 0.3 is 5.97 Å². The van der Waals surface area contributed by atoms with E-state index in [2.05, 4.69) is 4.74 Å². The first-order chi connectivity index (χ1) is 5.15. The fourth-order valence-electron chi connectivity index (χ4n) is 0.794. The highest BCUT2D eigenvalue weighted by atomic mass is 16.6. The van der Waals surface area contributed by atoms with Crippen LogP contribution in [0.25, 0.3) is 0 Å². The van der Waals surface area contributed by atoms with Crippen LogP contribution >= 0.6 is 0 Å². The fraction of sp³-hybridized carbons (Fsp3) is 0.286. The lowest BCUT2D eigenvalue weighted by Gasteiger charge is -1.93. The minimum atomic E-state index is -1.04. The number of aryl methyl sites for hydroxylation is 1. The summed E-state index contributed by atoms with van der Waals surface area (Å²) in [4.78, 5) is 10.5. The SMILES string of the molecule is COc1oc(C)cc1C(=O)O. The minimum Gasteiger partial charge on any atom is -0.477 e. The minimum absolute atomic E-state index is 0.0509. The van der Waals surface area contributed by atoms with Crippen LogP contribution in [0.3, 0.4) is 0 Å². The summed E-state index contributed by atoms with van der Waals surface area (Å²) in [6, 6.07) is 1.42. The van der Waals surface area contributed by atoms with Crippen LogP contribution in [0.1, 0.15) is 16.1 Å². The number of carboxylic acid groups (broad SMARTS) is 1. The van der Waals surface area contributed by atoms with Gasteiger partial charge in [0.15, 0.2) is 0 Å². The fourth-order valence-corrected chi connectivity index (χ4v) is 0.794. The summed E-state index contributed by atoms with van der Waals surface area (Å²) in [5.74, 6) is -0.465. The molecule has 0 saturated heterocycles. The molecule has 0 saturated carbocycles. The van der Waals surface area contributed by atoms with E-state index in [1.54, 1.807) is 6.92 Å². The lowest BCUT2D eigenvalue weighted by Crippen LogP contribution is -1.96. The van der Waals surface area contributed by atoms with E-state index in [4.69, 9.17) is 9.52 Å². The summed E-state index contributed by atoms with van der Waals surface area (Å²) in [6.07, 6.45) is 0. The van der Waals surface area contributed by atoms with Crippen LogP contribution in [-0.2, 0) is 0 Å². The zero-order valence-electron chi connectivity index (χ0n) is 6.25. The van der Waals surface area contributed by atoms with Crippen molar-refractivity contribution in [3.05, 3.63) is 17.4 Å². The van der Waals surface area contributed by atoms with Crippen LogP contribution in [0.2, 0.25) is 0 Å². The van der Waals surface area contributed by atoms with E-state index in [1.807, 2.05) is 0 Å². The van der Waals surface area contributed by atoms with E-state index in [0.29, 0.717) is 5.76 Å². The van der Waals surface area contributed by atoms with Gasteiger partial charge in [0.25, 0.3) is 5.95 Å². The highest BCUT2D eigenvalue weighted by Crippen LogP contribution is 2.22. The Kier molecular flexibility index (Phi) is 1.85. The Bertz CT molecular complexity index is 274. The van der Waals surface area contributed by atoms with Crippen LogP contribution in [-0.4, -0.2) is 18.2 Å². The molecule has 1 N–H and O–H groups in total. The molecule has 0 aliphatic carbocycles. The van der Waals surface area contributed by atoms with Crippen molar-refractivity contribution in [2.45, 2.75) is 6.92 Å². The summed E-state index contributed by atoms with van der Waals surface area (Å²) in [5, 5.41) is 8.57. The Labute approximate surface area is 63.4 Å². The van der Waals surface area contributed by atoms with Gasteiger partial charge in [-0.1, -0.05) is 0 Å². The Balaban J connectivity index is 3.12. The molecule has 4 nitrogen and oxygen atoms in total. The van der Waals surface area contributed by atoms with Crippen molar-refractivity contribution in [2.24, 2.45) is 0 Å². The van der Waals surface area contributed by atoms with Crippen molar-refractivity contribution in [3.8, 4) is 5.95 Å². The molecule has 0 aromatic carbocycles. The van der Waals surface area contributed by atoms with Crippen LogP contribution < -0.4 is 4.74 Å². The highest BCUT2D eigenvalue weighted by molar-refractivity contribution is 5.90. The monoisotopic (exact) mass is 156 g/mol. The molecule has 0 atom stereocenters. The number of aromatic carboxylic acids is 1. The summed E-state index contributed by atoms with van der Waals surface area (Å²) in [7, 11) is 1.37. The Morgan fingerprint density at radius 3 is 2.73 bits per heavy atom. The molecule has 0 fully saturated rings. The van der Waals surface area contributed by atoms with Crippen molar-refractivity contribution in [1.29, 1.82) is 0 Å². The number of carboxylic acids is 1. The number of hydrogen-bond acceptors (Lipinski definition) is 3. The van der Waals surface area contributed by atoms with E-state index in [9.17, 15) is 4.79 Å². The molecule has 0 amide bonds. The maximum atomic E-state index is 10.5. The van der Waals surface area contributed by atoms with Gasteiger partial charge in [0.05, 0.1) is 7.11 Å². The van der Waals surface area contributed by atoms with Gasteiger partial charge in [0.2, 0.25) is 0 Å². The lowest BCUT2D eigenvalue weighted by atomic mass is 10.3. The highest BCUT2D eigenvalue weighted by Gasteiger charge is 2.15. The first-order valence-corrected chi connectivity index (χ1v) is 3.03. The van der Waals surface area contributed by atoms with Crippen molar-refractivity contribution in [2.75, 3.05) is 7.11 Å². The van der Waals surface area contributed by atoms with E-state index in [-0.39, 0.29) is 11.5 Å². The normalized spacial score (nSPS) is 9.64. The Morgan fingerprint density at radius 1 is 1.73 bits per heavy atom. The third-order valence-corrected chi connectivity index (χ3v) is 1.24. The first-order valence-electron chi connectivity index (χ1n) is 3.03. The van der Waals surface area contributed by atoms with Crippen LogP contribution in [0, 0.1) is 6.92 Å². The van der Waals surface area contributed by atoms with Gasteiger partial charge < -0.3 is 14.3 Å². The smallest absolute Gasteiger partial charge is 0.343 e. The second kappa shape index (κ2) is 2.65. The zero-order chi connectivity index (χ0) is 8.43. The second-order valence-corrected chi connectivity index (χ2v) is 2.07. The molecule has 1 aromatic rings. The number of methoxy groups -OCH3 is 1. The molecule has 0 bridgehead atoms. The average Bonchev–Trinajstić information content (AvgIpc) is 2.30. The maximum Gasteiger partial charge on any atom is 0.343 e. The van der Waals surface area contributed by atoms with Crippen LogP contribution in [0.4, 0.5) is 0 Å². The van der Waals surface area contributed by atoms with E-state index < -0.39 is 5.97 Å². The van der Waals surface area contributed by atoms with Gasteiger partial charge in [-0.05, 0) is 13.0 Å². The van der Waals surface area contributed by atoms with E-state index >= 15 is 0 Å². The molecule has 11 heavy (non-hydrogen) atoms. The van der Waals surface area contributed by atoms with Gasteiger partial charge in [-0.3, -0.25) is 0 Å². The molecule has 0 radical (unpaired) electrons. The van der Waals surface area contributed by atoms with Crippen LogP contribution in [0.15, 0.2) is 10.5 Å². The van der Waals surface area contributed by atoms with E-state index in [1.165, 1.54) is 13.2 Å². The van der Waals surface area contributed by atoms with Gasteiger partial charge in [-0.2, -0.15) is 0 Å². The van der Waals surface area contributed by atoms with Crippen LogP contribution in [0.5, 0.6) is 5.95 Å². The summed E-state index contributed by atoms with van der Waals surface area (Å²) < 4.78 is 9.60. The van der Waals surface area contributed by atoms with E-state index in [0.717, 1.165) is 0 Å². The van der Waals surface area contributed by atoms with Gasteiger partial charge in [-0.25, -0.2) is 4.79 Å². The maximum absolute atomic E-state index is 10.5. The molecule has 0 unspecified atom stereocenters. The molecule has 1 aromatic heterocycles. The Hall–Kier alpha value is -1.45. The molecule has 60 valence electrons. The first kappa shape index (κ1) is 7.65. The summed E-state index contributed by atoms with van der Waals surface area (Å²) in [6.45, 7) is 1.66. The van der Waals surface area contributed by atoms with Gasteiger partial charge in [-0.15, -0.1) is 0 Å². The third-order valence-electron chi connectivity index (χ3n) is 1.24. The Morgan fingerprint density at radius 2 is 2.36 bits per heavy atom. The lowest BCUT2D eigenvalue weighted by molar-refractivity contribution is 0.0690. The predicted molar refractivity (Wildman–Crippen MR) is 37.0 cm³/mol. The zero-order valence-corrected chi connectivity index (χ0v) is 6.25. The largest absolute Gasteiger partial charge is 0.477 e. The van der Waals surface area contributed by atoms with Crippen molar-refractivity contribution in [3.63, 3.8) is 0 Å². The molecule has 1 rings (SSSR count). The molecule has 0 aliphatic heterocycles. The molecule has 1 heterocycles. The molecule has 0 spiro atoms.